The molecule has 1 N–H and O–H groups in total. The van der Waals surface area contributed by atoms with E-state index in [1.807, 2.05) is 30.3 Å². The second-order valence-electron chi connectivity index (χ2n) is 9.65. The third-order valence-corrected chi connectivity index (χ3v) is 7.45. The summed E-state index contributed by atoms with van der Waals surface area (Å²) in [5.74, 6) is 2.60. The summed E-state index contributed by atoms with van der Waals surface area (Å²) >= 11 is 0. The maximum absolute atomic E-state index is 12.8. The van der Waals surface area contributed by atoms with Crippen LogP contribution in [0.25, 0.3) is 5.69 Å². The smallest absolute Gasteiger partial charge is 0.251 e. The first kappa shape index (κ1) is 22.8. The van der Waals surface area contributed by atoms with Crippen molar-refractivity contribution >= 4 is 5.91 Å². The molecule has 36 heavy (non-hydrogen) atoms. The van der Waals surface area contributed by atoms with E-state index in [0.29, 0.717) is 28.6 Å². The van der Waals surface area contributed by atoms with E-state index in [4.69, 9.17) is 14.2 Å². The number of likely N-dealkylation sites (N-methyl/N-ethyl adjacent to an activating group) is 1. The first-order valence-electron chi connectivity index (χ1n) is 12.5. The van der Waals surface area contributed by atoms with E-state index in [1.165, 1.54) is 19.3 Å². The molecule has 0 saturated heterocycles. The molecule has 1 amide bonds. The molecule has 1 aliphatic carbocycles. The fraction of sp³-hybridized carbons (Fsp3) is 0.462. The lowest BCUT2D eigenvalue weighted by Crippen LogP contribution is -2.36. The van der Waals surface area contributed by atoms with Crippen molar-refractivity contribution in [2.24, 2.45) is 0 Å². The van der Waals surface area contributed by atoms with Gasteiger partial charge < -0.3 is 19.5 Å². The van der Waals surface area contributed by atoms with E-state index in [1.54, 1.807) is 11.8 Å². The Bertz CT molecular complexity index is 1270. The number of carbonyl (C=O) groups excluding carboxylic acids is 1. The summed E-state index contributed by atoms with van der Waals surface area (Å²) in [6.45, 7) is 1.00. The average molecular weight is 491 g/mol. The van der Waals surface area contributed by atoms with E-state index in [-0.39, 0.29) is 24.8 Å². The number of nitrogens with zero attached hydrogens (tertiary/aromatic N) is 5. The van der Waals surface area contributed by atoms with Gasteiger partial charge in [0.25, 0.3) is 5.91 Å². The van der Waals surface area contributed by atoms with Crippen molar-refractivity contribution in [2.45, 2.75) is 50.6 Å². The van der Waals surface area contributed by atoms with Crippen molar-refractivity contribution in [3.05, 3.63) is 52.8 Å². The predicted molar refractivity (Wildman–Crippen MR) is 131 cm³/mol. The Morgan fingerprint density at radius 1 is 1.14 bits per heavy atom. The Morgan fingerprint density at radius 3 is 2.72 bits per heavy atom. The van der Waals surface area contributed by atoms with Crippen LogP contribution in [0.5, 0.6) is 17.2 Å². The Morgan fingerprint density at radius 2 is 1.94 bits per heavy atom. The highest BCUT2D eigenvalue weighted by molar-refractivity contribution is 5.94. The Kier molecular flexibility index (Phi) is 5.96. The van der Waals surface area contributed by atoms with Crippen LogP contribution in [0.3, 0.4) is 0 Å². The van der Waals surface area contributed by atoms with Crippen molar-refractivity contribution in [2.75, 3.05) is 27.5 Å². The maximum atomic E-state index is 12.8. The van der Waals surface area contributed by atoms with Crippen LogP contribution in [-0.2, 0) is 6.42 Å². The molecule has 2 aliphatic heterocycles. The summed E-state index contributed by atoms with van der Waals surface area (Å²) in [5.41, 5.74) is 3.52. The zero-order valence-electron chi connectivity index (χ0n) is 20.6. The molecule has 0 spiro atoms. The molecule has 10 heteroatoms. The third kappa shape index (κ3) is 3.95. The van der Waals surface area contributed by atoms with Gasteiger partial charge in [0.2, 0.25) is 12.5 Å². The molecule has 1 fully saturated rings. The van der Waals surface area contributed by atoms with Crippen molar-refractivity contribution in [1.29, 1.82) is 0 Å². The fourth-order valence-electron chi connectivity index (χ4n) is 5.58. The van der Waals surface area contributed by atoms with Crippen LogP contribution < -0.4 is 19.5 Å². The first-order valence-corrected chi connectivity index (χ1v) is 12.5. The van der Waals surface area contributed by atoms with Crippen molar-refractivity contribution in [3.63, 3.8) is 0 Å². The highest BCUT2D eigenvalue weighted by atomic mass is 16.7. The van der Waals surface area contributed by atoms with E-state index in [9.17, 15) is 4.79 Å². The molecule has 1 saturated carbocycles. The number of amides is 1. The topological polar surface area (TPSA) is 104 Å². The highest BCUT2D eigenvalue weighted by Gasteiger charge is 2.37. The fourth-order valence-corrected chi connectivity index (χ4v) is 5.58. The van der Waals surface area contributed by atoms with Gasteiger partial charge >= 0.3 is 0 Å². The normalized spacial score (nSPS) is 19.7. The van der Waals surface area contributed by atoms with Gasteiger partial charge in [-0.3, -0.25) is 9.69 Å². The molecular formula is C26H30N6O4. The number of tetrazole rings is 1. The van der Waals surface area contributed by atoms with Crippen LogP contribution in [0.4, 0.5) is 0 Å². The second-order valence-corrected chi connectivity index (χ2v) is 9.65. The number of methoxy groups -OCH3 is 1. The maximum Gasteiger partial charge on any atom is 0.251 e. The number of benzene rings is 2. The van der Waals surface area contributed by atoms with E-state index >= 15 is 0 Å². The molecule has 1 aromatic heterocycles. The molecule has 188 valence electrons. The summed E-state index contributed by atoms with van der Waals surface area (Å²) in [6.07, 6.45) is 6.57. The van der Waals surface area contributed by atoms with E-state index in [2.05, 4.69) is 32.8 Å². The zero-order chi connectivity index (χ0) is 24.6. The average Bonchev–Trinajstić information content (AvgIpc) is 3.58. The molecule has 3 aliphatic rings. The monoisotopic (exact) mass is 490 g/mol. The molecule has 0 bridgehead atoms. The zero-order valence-corrected chi connectivity index (χ0v) is 20.6. The molecule has 3 heterocycles. The molecule has 2 aromatic carbocycles. The summed E-state index contributed by atoms with van der Waals surface area (Å²) in [5, 5.41) is 15.9. The number of hydrogen-bond donors (Lipinski definition) is 1. The van der Waals surface area contributed by atoms with Crippen LogP contribution in [-0.4, -0.2) is 64.6 Å². The van der Waals surface area contributed by atoms with Gasteiger partial charge in [0.1, 0.15) is 6.04 Å². The Labute approximate surface area is 209 Å². The third-order valence-electron chi connectivity index (χ3n) is 7.45. The number of carbonyl (C=O) groups is 1. The number of aromatic nitrogens is 4. The highest BCUT2D eigenvalue weighted by Crippen LogP contribution is 2.50. The van der Waals surface area contributed by atoms with Gasteiger partial charge in [-0.05, 0) is 72.6 Å². The number of fused-ring (bicyclic) bond motifs is 2. The van der Waals surface area contributed by atoms with E-state index in [0.717, 1.165) is 42.6 Å². The number of hydrogen-bond acceptors (Lipinski definition) is 8. The molecule has 10 nitrogen and oxygen atoms in total. The molecular weight excluding hydrogens is 460 g/mol. The van der Waals surface area contributed by atoms with Crippen LogP contribution in [0, 0.1) is 0 Å². The SMILES string of the molecule is COc1c2c(cc3c1[C@@H](c1nnnn1-c1ccc(C(=O)NC4CCCCC4)cc1)N(C)CC3)OCO2. The van der Waals surface area contributed by atoms with Crippen LogP contribution in [0.15, 0.2) is 30.3 Å². The minimum atomic E-state index is -0.248. The van der Waals surface area contributed by atoms with Gasteiger partial charge in [0, 0.05) is 23.7 Å². The lowest BCUT2D eigenvalue weighted by molar-refractivity contribution is 0.0927. The summed E-state index contributed by atoms with van der Waals surface area (Å²) in [4.78, 5) is 15.0. The Hall–Kier alpha value is -3.66. The van der Waals surface area contributed by atoms with E-state index < -0.39 is 0 Å². The minimum Gasteiger partial charge on any atom is -0.492 e. The lowest BCUT2D eigenvalue weighted by atomic mass is 9.90. The molecule has 3 aromatic rings. The standard InChI is InChI=1S/C26H30N6O4/c1-31-13-12-17-14-20-23(36-15-35-20)24(34-2)21(17)22(31)25-28-29-30-32(25)19-10-8-16(9-11-19)26(33)27-18-6-4-3-5-7-18/h8-11,14,18,22H,3-7,12-13,15H2,1-2H3,(H,27,33)/t22-/m0/s1. The quantitative estimate of drug-likeness (QED) is 0.582. The summed E-state index contributed by atoms with van der Waals surface area (Å²) in [7, 11) is 3.69. The second kappa shape index (κ2) is 9.42. The van der Waals surface area contributed by atoms with Crippen molar-refractivity contribution in [3.8, 4) is 22.9 Å². The van der Waals surface area contributed by atoms with Gasteiger partial charge in [-0.1, -0.05) is 19.3 Å². The largest absolute Gasteiger partial charge is 0.492 e. The summed E-state index contributed by atoms with van der Waals surface area (Å²) < 4.78 is 18.9. The number of ether oxygens (including phenoxy) is 3. The molecule has 0 unspecified atom stereocenters. The van der Waals surface area contributed by atoms with Crippen molar-refractivity contribution < 1.29 is 19.0 Å². The number of rotatable bonds is 5. The minimum absolute atomic E-state index is 0.0351. The van der Waals surface area contributed by atoms with Crippen LogP contribution in [0.2, 0.25) is 0 Å². The van der Waals surface area contributed by atoms with Gasteiger partial charge in [-0.2, -0.15) is 4.68 Å². The predicted octanol–water partition coefficient (Wildman–Crippen LogP) is 3.04. The molecule has 1 atom stereocenters. The molecule has 0 radical (unpaired) electrons. The van der Waals surface area contributed by atoms with Crippen LogP contribution in [0.1, 0.15) is 65.5 Å². The Balaban J connectivity index is 1.32. The van der Waals surface area contributed by atoms with Gasteiger partial charge in [0.15, 0.2) is 17.3 Å². The first-order chi connectivity index (χ1) is 17.6. The lowest BCUT2D eigenvalue weighted by Gasteiger charge is -2.34. The van der Waals surface area contributed by atoms with Gasteiger partial charge in [0.05, 0.1) is 12.8 Å². The van der Waals surface area contributed by atoms with Gasteiger partial charge in [-0.25, -0.2) is 0 Å². The summed E-state index contributed by atoms with van der Waals surface area (Å²) in [6, 6.07) is 9.49. The van der Waals surface area contributed by atoms with Gasteiger partial charge in [-0.15, -0.1) is 5.10 Å². The number of nitrogens with one attached hydrogen (secondary N) is 1. The van der Waals surface area contributed by atoms with Crippen LogP contribution >= 0.6 is 0 Å². The van der Waals surface area contributed by atoms with Crippen molar-refractivity contribution in [1.82, 2.24) is 30.4 Å². The molecule has 6 rings (SSSR count).